The molecule has 1 saturated heterocycles. The lowest BCUT2D eigenvalue weighted by molar-refractivity contribution is 0.206. The molecule has 2 unspecified atom stereocenters. The van der Waals surface area contributed by atoms with Crippen LogP contribution in [-0.2, 0) is 4.43 Å². The van der Waals surface area contributed by atoms with Crippen molar-refractivity contribution >= 4 is 15.4 Å². The maximum absolute atomic E-state index is 6.11. The minimum absolute atomic E-state index is 0.493. The van der Waals surface area contributed by atoms with E-state index in [1.807, 2.05) is 0 Å². The van der Waals surface area contributed by atoms with Crippen LogP contribution in [0.4, 0.5) is 0 Å². The summed E-state index contributed by atoms with van der Waals surface area (Å²) in [5.41, 5.74) is 2.24. The second-order valence-electron chi connectivity index (χ2n) is 4.60. The van der Waals surface area contributed by atoms with Crippen molar-refractivity contribution in [3.63, 3.8) is 0 Å². The van der Waals surface area contributed by atoms with Gasteiger partial charge in [-0.2, -0.15) is 0 Å². The Balaban J connectivity index is 2.84. The van der Waals surface area contributed by atoms with Crippen LogP contribution in [0.1, 0.15) is 13.3 Å². The first kappa shape index (κ1) is 10.2. The van der Waals surface area contributed by atoms with Gasteiger partial charge in [0.05, 0.1) is 7.59 Å². The molecule has 1 fully saturated rings. The SMILES string of the molecule is C=C[Si]1(C)CCC(C)O[Si]1(C)C. The van der Waals surface area contributed by atoms with Gasteiger partial charge in [0, 0.05) is 6.10 Å². The predicted molar refractivity (Wildman–Crippen MR) is 59.3 cm³/mol. The zero-order valence-electron chi connectivity index (χ0n) is 8.68. The third-order valence-corrected chi connectivity index (χ3v) is 19.3. The van der Waals surface area contributed by atoms with Gasteiger partial charge >= 0.3 is 0 Å². The molecule has 0 aromatic rings. The van der Waals surface area contributed by atoms with E-state index in [1.54, 1.807) is 0 Å². The van der Waals surface area contributed by atoms with Gasteiger partial charge < -0.3 is 4.43 Å². The summed E-state index contributed by atoms with van der Waals surface area (Å²) in [6.07, 6.45) is 1.73. The lowest BCUT2D eigenvalue weighted by Gasteiger charge is -2.45. The molecule has 3 heteroatoms. The third-order valence-electron chi connectivity index (χ3n) is 3.39. The fourth-order valence-electron chi connectivity index (χ4n) is 1.85. The van der Waals surface area contributed by atoms with E-state index in [4.69, 9.17) is 4.43 Å². The second kappa shape index (κ2) is 3.12. The molecule has 0 aromatic carbocycles. The molecule has 0 spiro atoms. The van der Waals surface area contributed by atoms with E-state index < -0.39 is 15.4 Å². The maximum Gasteiger partial charge on any atom is 0.178 e. The second-order valence-corrected chi connectivity index (χ2v) is 18.6. The highest BCUT2D eigenvalue weighted by Gasteiger charge is 2.48. The molecular weight excluding hydrogens is 180 g/mol. The molecule has 1 aliphatic rings. The quantitative estimate of drug-likeness (QED) is 0.592. The molecule has 0 aliphatic carbocycles. The van der Waals surface area contributed by atoms with Gasteiger partial charge in [-0.1, -0.05) is 12.6 Å². The maximum atomic E-state index is 6.11. The van der Waals surface area contributed by atoms with Crippen molar-refractivity contribution in [2.24, 2.45) is 0 Å². The highest BCUT2D eigenvalue weighted by molar-refractivity contribution is 7.40. The number of hydrogen-bond donors (Lipinski definition) is 0. The van der Waals surface area contributed by atoms with E-state index in [0.29, 0.717) is 6.10 Å². The smallest absolute Gasteiger partial charge is 0.178 e. The van der Waals surface area contributed by atoms with Crippen molar-refractivity contribution in [3.05, 3.63) is 12.3 Å². The number of rotatable bonds is 1. The lowest BCUT2D eigenvalue weighted by Crippen LogP contribution is -2.62. The van der Waals surface area contributed by atoms with Crippen molar-refractivity contribution in [3.8, 4) is 0 Å². The predicted octanol–water partition coefficient (Wildman–Crippen LogP) is 2.88. The summed E-state index contributed by atoms with van der Waals surface area (Å²) in [6.45, 7) is 13.3. The molecule has 1 heterocycles. The molecule has 0 bridgehead atoms. The monoisotopic (exact) mass is 200 g/mol. The third kappa shape index (κ3) is 1.58. The van der Waals surface area contributed by atoms with Crippen molar-refractivity contribution in [2.45, 2.75) is 45.1 Å². The van der Waals surface area contributed by atoms with Crippen LogP contribution in [0, 0.1) is 0 Å². The number of hydrogen-bond acceptors (Lipinski definition) is 1. The van der Waals surface area contributed by atoms with E-state index in [9.17, 15) is 0 Å². The van der Waals surface area contributed by atoms with Gasteiger partial charge in [0.15, 0.2) is 7.83 Å². The van der Waals surface area contributed by atoms with Gasteiger partial charge in [-0.15, -0.1) is 12.3 Å². The van der Waals surface area contributed by atoms with Crippen LogP contribution >= 0.6 is 0 Å². The Hall–Kier alpha value is 0.134. The molecule has 70 valence electrons. The molecule has 0 saturated carbocycles. The average Bonchev–Trinajstić information content (AvgIpc) is 1.97. The van der Waals surface area contributed by atoms with Crippen LogP contribution in [0.5, 0.6) is 0 Å². The fraction of sp³-hybridized carbons (Fsp3) is 0.778. The zero-order chi connectivity index (χ0) is 9.41. The van der Waals surface area contributed by atoms with Gasteiger partial charge in [-0.3, -0.25) is 0 Å². The first-order chi connectivity index (χ1) is 5.41. The first-order valence-electron chi connectivity index (χ1n) is 4.73. The van der Waals surface area contributed by atoms with Crippen LogP contribution in [0.2, 0.25) is 25.7 Å². The summed E-state index contributed by atoms with van der Waals surface area (Å²) in [6, 6.07) is 1.39. The molecule has 0 N–H and O–H groups in total. The van der Waals surface area contributed by atoms with Crippen LogP contribution in [0.15, 0.2) is 12.3 Å². The average molecular weight is 200 g/mol. The Kier molecular flexibility index (Phi) is 2.66. The summed E-state index contributed by atoms with van der Waals surface area (Å²) in [5.74, 6) is 0. The first-order valence-corrected chi connectivity index (χ1v) is 11.4. The molecular formula is C9H20OSi2. The Morgan fingerprint density at radius 1 is 1.42 bits per heavy atom. The van der Waals surface area contributed by atoms with Crippen molar-refractivity contribution in [1.29, 1.82) is 0 Å². The summed E-state index contributed by atoms with van der Waals surface area (Å²) < 4.78 is 6.11. The van der Waals surface area contributed by atoms with Gasteiger partial charge in [0.2, 0.25) is 0 Å². The Morgan fingerprint density at radius 3 is 2.42 bits per heavy atom. The van der Waals surface area contributed by atoms with E-state index in [2.05, 4.69) is 38.8 Å². The molecule has 1 rings (SSSR count). The Morgan fingerprint density at radius 2 is 2.00 bits per heavy atom. The van der Waals surface area contributed by atoms with Crippen LogP contribution in [-0.4, -0.2) is 21.5 Å². The molecule has 0 radical (unpaired) electrons. The van der Waals surface area contributed by atoms with E-state index in [0.717, 1.165) is 0 Å². The van der Waals surface area contributed by atoms with Gasteiger partial charge in [0.1, 0.15) is 0 Å². The van der Waals surface area contributed by atoms with E-state index in [-0.39, 0.29) is 0 Å². The fourth-order valence-corrected chi connectivity index (χ4v) is 10.7. The van der Waals surface area contributed by atoms with Gasteiger partial charge in [-0.05, 0) is 26.4 Å². The summed E-state index contributed by atoms with van der Waals surface area (Å²) >= 11 is 0. The lowest BCUT2D eigenvalue weighted by atomic mass is 10.3. The normalized spacial score (nSPS) is 40.8. The molecule has 0 aromatic heterocycles. The minimum Gasteiger partial charge on any atom is -0.417 e. The molecule has 1 aliphatic heterocycles. The van der Waals surface area contributed by atoms with Crippen molar-refractivity contribution < 1.29 is 4.43 Å². The summed E-state index contributed by atoms with van der Waals surface area (Å²) in [7, 11) is -2.59. The Bertz CT molecular complexity index is 191. The largest absolute Gasteiger partial charge is 0.417 e. The minimum atomic E-state index is -1.39. The van der Waals surface area contributed by atoms with Crippen LogP contribution in [0.3, 0.4) is 0 Å². The van der Waals surface area contributed by atoms with Crippen LogP contribution < -0.4 is 0 Å². The summed E-state index contributed by atoms with van der Waals surface area (Å²) in [5, 5.41) is 0. The van der Waals surface area contributed by atoms with E-state index in [1.165, 1.54) is 12.5 Å². The van der Waals surface area contributed by atoms with Gasteiger partial charge in [-0.25, -0.2) is 0 Å². The highest BCUT2D eigenvalue weighted by Crippen LogP contribution is 2.33. The van der Waals surface area contributed by atoms with E-state index >= 15 is 0 Å². The van der Waals surface area contributed by atoms with Crippen molar-refractivity contribution in [2.75, 3.05) is 0 Å². The molecule has 12 heavy (non-hydrogen) atoms. The van der Waals surface area contributed by atoms with Gasteiger partial charge in [0.25, 0.3) is 0 Å². The topological polar surface area (TPSA) is 9.23 Å². The standard InChI is InChI=1S/C9H20OSi2/c1-6-12(5)8-7-9(2)10-11(12,3)4/h6,9H,1,7-8H2,2-5H3. The zero-order valence-corrected chi connectivity index (χ0v) is 10.7. The molecule has 0 amide bonds. The van der Waals surface area contributed by atoms with Crippen LogP contribution in [0.25, 0.3) is 0 Å². The highest BCUT2D eigenvalue weighted by atomic mass is 29.3. The Labute approximate surface area is 77.8 Å². The molecule has 1 nitrogen and oxygen atoms in total. The molecule has 2 atom stereocenters. The van der Waals surface area contributed by atoms with Crippen molar-refractivity contribution in [1.82, 2.24) is 0 Å². The summed E-state index contributed by atoms with van der Waals surface area (Å²) in [4.78, 5) is 0.